The fourth-order valence-electron chi connectivity index (χ4n) is 0.0463. The van der Waals surface area contributed by atoms with Gasteiger partial charge in [0.2, 0.25) is 0 Å². The minimum absolute atomic E-state index is 0.435. The zero-order chi connectivity index (χ0) is 4.99. The van der Waals surface area contributed by atoms with Gasteiger partial charge in [0.25, 0.3) is 0 Å². The molecule has 3 nitrogen and oxygen atoms in total. The third kappa shape index (κ3) is 3.71. The molecule has 0 fully saturated rings. The minimum Gasteiger partial charge on any atom is -0.259 e. The number of amides is 1. The lowest BCUT2D eigenvalue weighted by Crippen LogP contribution is -2.09. The van der Waals surface area contributed by atoms with E-state index in [0.29, 0.717) is 12.1 Å². The fraction of sp³-hybridized carbons (Fsp3) is 0. The molecule has 0 spiro atoms. The van der Waals surface area contributed by atoms with Crippen LogP contribution in [0.15, 0.2) is 0 Å². The van der Waals surface area contributed by atoms with E-state index in [0.717, 1.165) is 0 Å². The third-order valence-corrected chi connectivity index (χ3v) is 0.418. The highest BCUT2D eigenvalue weighted by Gasteiger charge is 1.87. The minimum atomic E-state index is -1.62. The summed E-state index contributed by atoms with van der Waals surface area (Å²) < 4.78 is 12.4. The van der Waals surface area contributed by atoms with Gasteiger partial charge < -0.3 is 0 Å². The van der Waals surface area contributed by atoms with E-state index in [1.54, 1.807) is 4.72 Å². The molecule has 0 radical (unpaired) electrons. The van der Waals surface area contributed by atoms with Gasteiger partial charge in [-0.15, -0.1) is 4.39 Å². The quantitative estimate of drug-likeness (QED) is 0.288. The highest BCUT2D eigenvalue weighted by molar-refractivity contribution is 7.95. The van der Waals surface area contributed by atoms with E-state index in [1.807, 2.05) is 0 Å². The lowest BCUT2D eigenvalue weighted by atomic mass is 11.4. The summed E-state index contributed by atoms with van der Waals surface area (Å²) in [5.74, 6) is 0. The number of nitrogens with one attached hydrogen (secondary N) is 1. The molecule has 0 atom stereocenters. The van der Waals surface area contributed by atoms with Crippen LogP contribution in [0, 0.1) is 0 Å². The maximum atomic E-state index is 10.9. The van der Waals surface area contributed by atoms with Gasteiger partial charge in [-0.3, -0.25) is 9.86 Å². The Hall–Kier alpha value is -0.290. The first-order valence-electron chi connectivity index (χ1n) is 1.08. The number of hydrogen-bond donors (Lipinski definition) is 2. The van der Waals surface area contributed by atoms with Gasteiger partial charge in [-0.1, -0.05) is 0 Å². The van der Waals surface area contributed by atoms with E-state index >= 15 is 0 Å². The molecule has 0 saturated carbocycles. The second-order valence-corrected chi connectivity index (χ2v) is 0.933. The first kappa shape index (κ1) is 5.71. The Kier molecular flexibility index (Phi) is 2.78. The normalized spacial score (nSPS) is 7.67. The average Bonchev–Trinajstić information content (AvgIpc) is 1.35. The summed E-state index contributed by atoms with van der Waals surface area (Å²) in [6.07, 6.45) is -1.62. The maximum Gasteiger partial charge on any atom is 0.408 e. The van der Waals surface area contributed by atoms with Crippen LogP contribution in [0.3, 0.4) is 0 Å². The van der Waals surface area contributed by atoms with Crippen LogP contribution in [0.2, 0.25) is 0 Å². The summed E-state index contributed by atoms with van der Waals surface area (Å²) in [5.41, 5.74) is 0. The number of nitrogens with two attached hydrogens (primary N) is 1. The number of carbonyl (C=O) groups excluding carboxylic acids is 1. The van der Waals surface area contributed by atoms with Gasteiger partial charge in [-0.25, -0.2) is 4.79 Å². The molecule has 0 aliphatic carbocycles. The average molecular weight is 110 g/mol. The monoisotopic (exact) mass is 110 g/mol. The second kappa shape index (κ2) is 2.92. The molecule has 0 bridgehead atoms. The van der Waals surface area contributed by atoms with Gasteiger partial charge in [0.05, 0.1) is 0 Å². The van der Waals surface area contributed by atoms with Crippen LogP contribution in [0.1, 0.15) is 0 Å². The Morgan fingerprint density at radius 1 is 2.00 bits per heavy atom. The predicted octanol–water partition coefficient (Wildman–Crippen LogP) is 0.187. The zero-order valence-corrected chi connectivity index (χ0v) is 3.59. The largest absolute Gasteiger partial charge is 0.408 e. The van der Waals surface area contributed by atoms with E-state index in [9.17, 15) is 4.39 Å². The molecule has 1 amide bonds. The van der Waals surface area contributed by atoms with Gasteiger partial charge in [0.15, 0.2) is 0 Å². The Bertz CT molecular complexity index is 57.5. The van der Waals surface area contributed by atoms with Crippen molar-refractivity contribution in [2.24, 2.45) is 5.14 Å². The van der Waals surface area contributed by atoms with Crippen LogP contribution in [0.5, 0.6) is 0 Å². The van der Waals surface area contributed by atoms with Crippen LogP contribution in [-0.2, 0) is 0 Å². The Balaban J connectivity index is 2.83. The third-order valence-electron chi connectivity index (χ3n) is 0.139. The molecule has 36 valence electrons. The van der Waals surface area contributed by atoms with Gasteiger partial charge in [0.1, 0.15) is 0 Å². The standard InChI is InChI=1S/CH3FN2OS/c2-1(5)4-6-3/h3H2,(H,4,5). The van der Waals surface area contributed by atoms with Crippen LogP contribution in [0.25, 0.3) is 0 Å². The molecular weight excluding hydrogens is 107 g/mol. The molecule has 0 aliphatic heterocycles. The van der Waals surface area contributed by atoms with Crippen LogP contribution < -0.4 is 9.86 Å². The molecule has 0 aromatic heterocycles. The highest BCUT2D eigenvalue weighted by Crippen LogP contribution is 1.76. The fourth-order valence-corrected chi connectivity index (χ4v) is 0.139. The topological polar surface area (TPSA) is 55.1 Å². The Morgan fingerprint density at radius 2 is 2.50 bits per heavy atom. The van der Waals surface area contributed by atoms with Crippen molar-refractivity contribution in [2.75, 3.05) is 0 Å². The van der Waals surface area contributed by atoms with Gasteiger partial charge in [-0.05, 0) is 0 Å². The van der Waals surface area contributed by atoms with E-state index in [2.05, 4.69) is 5.14 Å². The molecule has 0 saturated heterocycles. The molecular formula is CH3FN2OS. The predicted molar refractivity (Wildman–Crippen MR) is 21.4 cm³/mol. The van der Waals surface area contributed by atoms with Gasteiger partial charge in [-0.2, -0.15) is 0 Å². The van der Waals surface area contributed by atoms with E-state index in [-0.39, 0.29) is 0 Å². The SMILES string of the molecule is NSNC(=O)F. The summed E-state index contributed by atoms with van der Waals surface area (Å²) in [6.45, 7) is 0. The first-order valence-corrected chi connectivity index (χ1v) is 1.96. The lowest BCUT2D eigenvalue weighted by Gasteiger charge is -1.83. The van der Waals surface area contributed by atoms with Gasteiger partial charge in [0, 0.05) is 12.1 Å². The van der Waals surface area contributed by atoms with Crippen LogP contribution in [-0.4, -0.2) is 6.16 Å². The summed E-state index contributed by atoms with van der Waals surface area (Å²) >= 11 is 0.435. The zero-order valence-electron chi connectivity index (χ0n) is 2.77. The molecule has 0 aromatic carbocycles. The van der Waals surface area contributed by atoms with E-state index in [1.165, 1.54) is 0 Å². The molecule has 0 heterocycles. The maximum absolute atomic E-state index is 10.9. The molecule has 3 N–H and O–H groups in total. The molecule has 0 unspecified atom stereocenters. The molecule has 0 aromatic rings. The molecule has 0 aliphatic rings. The van der Waals surface area contributed by atoms with Crippen molar-refractivity contribution in [2.45, 2.75) is 0 Å². The Morgan fingerprint density at radius 3 is 2.50 bits per heavy atom. The lowest BCUT2D eigenvalue weighted by molar-refractivity contribution is 0.228. The summed E-state index contributed by atoms with van der Waals surface area (Å²) in [5, 5.41) is 4.57. The molecule has 6 heavy (non-hydrogen) atoms. The van der Waals surface area contributed by atoms with Crippen molar-refractivity contribution in [1.29, 1.82) is 0 Å². The van der Waals surface area contributed by atoms with Crippen molar-refractivity contribution < 1.29 is 9.18 Å². The number of halogens is 1. The van der Waals surface area contributed by atoms with Crippen LogP contribution >= 0.6 is 12.1 Å². The smallest absolute Gasteiger partial charge is 0.259 e. The van der Waals surface area contributed by atoms with Crippen molar-refractivity contribution in [1.82, 2.24) is 4.72 Å². The van der Waals surface area contributed by atoms with Crippen LogP contribution in [0.4, 0.5) is 9.18 Å². The number of carbonyl (C=O) groups is 1. The van der Waals surface area contributed by atoms with Crippen molar-refractivity contribution in [3.05, 3.63) is 0 Å². The van der Waals surface area contributed by atoms with E-state index < -0.39 is 6.16 Å². The van der Waals surface area contributed by atoms with Crippen molar-refractivity contribution >= 4 is 18.3 Å². The highest BCUT2D eigenvalue weighted by atomic mass is 32.2. The second-order valence-electron chi connectivity index (χ2n) is 0.494. The molecule has 0 rings (SSSR count). The first-order chi connectivity index (χ1) is 2.77. The molecule has 5 heteroatoms. The summed E-state index contributed by atoms with van der Waals surface area (Å²) in [7, 11) is 0. The number of rotatable bonds is 1. The van der Waals surface area contributed by atoms with Gasteiger partial charge >= 0.3 is 6.16 Å². The Labute approximate surface area is 38.3 Å². The van der Waals surface area contributed by atoms with E-state index in [4.69, 9.17) is 4.79 Å². The van der Waals surface area contributed by atoms with Crippen molar-refractivity contribution in [3.8, 4) is 0 Å². The number of hydrogen-bond acceptors (Lipinski definition) is 3. The van der Waals surface area contributed by atoms with Crippen molar-refractivity contribution in [3.63, 3.8) is 0 Å². The summed E-state index contributed by atoms with van der Waals surface area (Å²) in [4.78, 5) is 9.17. The summed E-state index contributed by atoms with van der Waals surface area (Å²) in [6, 6.07) is 0.